The number of hydrogen-bond donors (Lipinski definition) is 2. The molecule has 2 heteroatoms. The van der Waals surface area contributed by atoms with Crippen LogP contribution in [-0.4, -0.2) is 9.97 Å². The van der Waals surface area contributed by atoms with Gasteiger partial charge in [-0.15, -0.1) is 0 Å². The Morgan fingerprint density at radius 1 is 0.862 bits per heavy atom. The van der Waals surface area contributed by atoms with Gasteiger partial charge in [0, 0.05) is 39.6 Å². The van der Waals surface area contributed by atoms with Crippen LogP contribution in [0.3, 0.4) is 0 Å². The van der Waals surface area contributed by atoms with E-state index < -0.39 is 0 Å². The van der Waals surface area contributed by atoms with Gasteiger partial charge in [0.05, 0.1) is 0 Å². The Kier molecular flexibility index (Phi) is 3.60. The van der Waals surface area contributed by atoms with Gasteiger partial charge in [0.25, 0.3) is 0 Å². The van der Waals surface area contributed by atoms with Crippen LogP contribution in [0.5, 0.6) is 0 Å². The summed E-state index contributed by atoms with van der Waals surface area (Å²) in [6.07, 6.45) is 6.28. The first-order valence-corrected chi connectivity index (χ1v) is 11.2. The molecule has 2 N–H and O–H groups in total. The zero-order valence-electron chi connectivity index (χ0n) is 17.6. The van der Waals surface area contributed by atoms with Crippen LogP contribution in [0.1, 0.15) is 68.7 Å². The van der Waals surface area contributed by atoms with Crippen molar-refractivity contribution < 1.29 is 0 Å². The third kappa shape index (κ3) is 2.48. The monoisotopic (exact) mass is 382 g/mol. The van der Waals surface area contributed by atoms with Crippen molar-refractivity contribution in [3.05, 3.63) is 71.5 Å². The Morgan fingerprint density at radius 2 is 1.59 bits per heavy atom. The molecule has 0 bridgehead atoms. The SMILES string of the molecule is CC(C)(C)[C@@H]1CC[C@H]2[C@H](c3c[nH]c4ccccc34)c3[nH]c4ccccc4c3[C@H]2C1. The third-order valence-electron chi connectivity index (χ3n) is 7.97. The first-order valence-electron chi connectivity index (χ1n) is 11.2. The molecule has 0 aliphatic heterocycles. The van der Waals surface area contributed by atoms with E-state index in [9.17, 15) is 0 Å². The van der Waals surface area contributed by atoms with E-state index >= 15 is 0 Å². The zero-order chi connectivity index (χ0) is 19.8. The summed E-state index contributed by atoms with van der Waals surface area (Å²) in [5, 5.41) is 2.84. The minimum absolute atomic E-state index is 0.385. The molecule has 4 aromatic rings. The average molecular weight is 383 g/mol. The topological polar surface area (TPSA) is 31.6 Å². The molecule has 1 saturated carbocycles. The Bertz CT molecular complexity index is 1200. The summed E-state index contributed by atoms with van der Waals surface area (Å²) >= 11 is 0. The first kappa shape index (κ1) is 17.4. The van der Waals surface area contributed by atoms with Gasteiger partial charge in [0.1, 0.15) is 0 Å². The maximum absolute atomic E-state index is 3.88. The highest BCUT2D eigenvalue weighted by molar-refractivity contribution is 5.89. The number of para-hydroxylation sites is 2. The number of aromatic amines is 2. The molecule has 2 nitrogen and oxygen atoms in total. The maximum atomic E-state index is 3.88. The molecule has 2 aromatic heterocycles. The van der Waals surface area contributed by atoms with Crippen molar-refractivity contribution in [3.8, 4) is 0 Å². The van der Waals surface area contributed by atoms with Crippen LogP contribution in [-0.2, 0) is 0 Å². The van der Waals surface area contributed by atoms with Gasteiger partial charge in [-0.2, -0.15) is 0 Å². The fourth-order valence-electron chi connectivity index (χ4n) is 6.49. The molecule has 4 atom stereocenters. The third-order valence-corrected chi connectivity index (χ3v) is 7.97. The van der Waals surface area contributed by atoms with E-state index in [1.807, 2.05) is 0 Å². The maximum Gasteiger partial charge on any atom is 0.0459 e. The lowest BCUT2D eigenvalue weighted by Crippen LogP contribution is -2.30. The summed E-state index contributed by atoms with van der Waals surface area (Å²) in [6.45, 7) is 7.29. The van der Waals surface area contributed by atoms with Gasteiger partial charge in [0.2, 0.25) is 0 Å². The lowest BCUT2D eigenvalue weighted by atomic mass is 9.64. The quantitative estimate of drug-likeness (QED) is 0.345. The van der Waals surface area contributed by atoms with Gasteiger partial charge < -0.3 is 9.97 Å². The Morgan fingerprint density at radius 3 is 2.38 bits per heavy atom. The minimum Gasteiger partial charge on any atom is -0.361 e. The van der Waals surface area contributed by atoms with E-state index in [1.165, 1.54) is 52.3 Å². The highest BCUT2D eigenvalue weighted by atomic mass is 14.8. The van der Waals surface area contributed by atoms with Crippen molar-refractivity contribution in [3.63, 3.8) is 0 Å². The van der Waals surface area contributed by atoms with Gasteiger partial charge >= 0.3 is 0 Å². The lowest BCUT2D eigenvalue weighted by molar-refractivity contribution is 0.132. The highest BCUT2D eigenvalue weighted by Gasteiger charge is 2.48. The van der Waals surface area contributed by atoms with E-state index in [0.29, 0.717) is 23.2 Å². The molecule has 148 valence electrons. The summed E-state index contributed by atoms with van der Waals surface area (Å²) in [6, 6.07) is 17.7. The van der Waals surface area contributed by atoms with Crippen LogP contribution in [0.15, 0.2) is 54.7 Å². The van der Waals surface area contributed by atoms with Gasteiger partial charge in [-0.25, -0.2) is 0 Å². The fourth-order valence-corrected chi connectivity index (χ4v) is 6.49. The van der Waals surface area contributed by atoms with Crippen LogP contribution < -0.4 is 0 Å². The van der Waals surface area contributed by atoms with Gasteiger partial charge in [-0.1, -0.05) is 57.2 Å². The van der Waals surface area contributed by atoms with E-state index in [-0.39, 0.29) is 0 Å². The molecule has 1 fully saturated rings. The number of aromatic nitrogens is 2. The van der Waals surface area contributed by atoms with Crippen LogP contribution in [0.25, 0.3) is 21.8 Å². The normalized spacial score (nSPS) is 26.7. The van der Waals surface area contributed by atoms with Crippen molar-refractivity contribution in [2.45, 2.75) is 51.9 Å². The molecule has 29 heavy (non-hydrogen) atoms. The predicted molar refractivity (Wildman–Crippen MR) is 121 cm³/mol. The van der Waals surface area contributed by atoms with Crippen molar-refractivity contribution >= 4 is 21.8 Å². The summed E-state index contributed by atoms with van der Waals surface area (Å²) in [5.74, 6) is 2.64. The summed E-state index contributed by atoms with van der Waals surface area (Å²) in [7, 11) is 0. The molecule has 2 aliphatic carbocycles. The number of rotatable bonds is 1. The van der Waals surface area contributed by atoms with Crippen LogP contribution >= 0.6 is 0 Å². The molecule has 0 amide bonds. The minimum atomic E-state index is 0.385. The highest BCUT2D eigenvalue weighted by Crippen LogP contribution is 2.60. The summed E-state index contributed by atoms with van der Waals surface area (Å²) < 4.78 is 0. The summed E-state index contributed by atoms with van der Waals surface area (Å²) in [4.78, 5) is 7.42. The number of nitrogens with one attached hydrogen (secondary N) is 2. The average Bonchev–Trinajstić information content (AvgIpc) is 3.37. The van der Waals surface area contributed by atoms with E-state index in [2.05, 4.69) is 85.5 Å². The van der Waals surface area contributed by atoms with Crippen molar-refractivity contribution in [2.75, 3.05) is 0 Å². The van der Waals surface area contributed by atoms with Crippen LogP contribution in [0.4, 0.5) is 0 Å². The molecule has 2 heterocycles. The Labute approximate surface area is 172 Å². The van der Waals surface area contributed by atoms with E-state index in [0.717, 1.165) is 5.92 Å². The largest absolute Gasteiger partial charge is 0.361 e. The van der Waals surface area contributed by atoms with Crippen LogP contribution in [0, 0.1) is 17.3 Å². The number of H-pyrrole nitrogens is 2. The number of benzene rings is 2. The first-order chi connectivity index (χ1) is 14.0. The van der Waals surface area contributed by atoms with Crippen molar-refractivity contribution in [1.82, 2.24) is 9.97 Å². The molecule has 2 aliphatic rings. The molecule has 0 unspecified atom stereocenters. The Hall–Kier alpha value is -2.48. The Balaban J connectivity index is 1.55. The molecular weight excluding hydrogens is 352 g/mol. The van der Waals surface area contributed by atoms with Gasteiger partial charge in [-0.05, 0) is 65.7 Å². The molecule has 0 spiro atoms. The molecule has 2 aromatic carbocycles. The van der Waals surface area contributed by atoms with E-state index in [1.54, 1.807) is 5.56 Å². The van der Waals surface area contributed by atoms with Gasteiger partial charge in [-0.3, -0.25) is 0 Å². The number of fused-ring (bicyclic) bond motifs is 6. The number of hydrogen-bond acceptors (Lipinski definition) is 0. The van der Waals surface area contributed by atoms with Crippen LogP contribution in [0.2, 0.25) is 0 Å². The second-order valence-corrected chi connectivity index (χ2v) is 10.4. The second-order valence-electron chi connectivity index (χ2n) is 10.4. The smallest absolute Gasteiger partial charge is 0.0459 e. The van der Waals surface area contributed by atoms with Crippen molar-refractivity contribution in [2.24, 2.45) is 17.3 Å². The second kappa shape index (κ2) is 6.01. The molecule has 6 rings (SSSR count). The fraction of sp³-hybridized carbons (Fsp3) is 0.407. The van der Waals surface area contributed by atoms with E-state index in [4.69, 9.17) is 0 Å². The molecular formula is C27H30N2. The zero-order valence-corrected chi connectivity index (χ0v) is 17.6. The molecule has 0 radical (unpaired) electrons. The summed E-state index contributed by atoms with van der Waals surface area (Å²) in [5.41, 5.74) is 7.53. The molecule has 0 saturated heterocycles. The van der Waals surface area contributed by atoms with Crippen molar-refractivity contribution in [1.29, 1.82) is 0 Å². The lowest BCUT2D eigenvalue weighted by Gasteiger charge is -2.41. The predicted octanol–water partition coefficient (Wildman–Crippen LogP) is 7.34. The standard InChI is InChI=1S/C27H30N2/c1-27(2,3)16-12-13-18-20(14-16)25-19-9-5-7-11-23(19)29-26(25)24(18)21-15-28-22-10-6-4-8-17(21)22/h4-11,15-16,18,20,24,28-29H,12-14H2,1-3H3/t16-,18-,20+,24-/m1/s1. The van der Waals surface area contributed by atoms with Gasteiger partial charge in [0.15, 0.2) is 0 Å².